The third-order valence-corrected chi connectivity index (χ3v) is 5.25. The molecular weight excluding hydrogens is 338 g/mol. The number of nitrogens with zero attached hydrogens (tertiary/aromatic N) is 5. The van der Waals surface area contributed by atoms with Crippen molar-refractivity contribution in [2.75, 3.05) is 13.1 Å². The van der Waals surface area contributed by atoms with Crippen LogP contribution in [0.5, 0.6) is 0 Å². The summed E-state index contributed by atoms with van der Waals surface area (Å²) in [6.07, 6.45) is 6.03. The van der Waals surface area contributed by atoms with Crippen LogP contribution in [0, 0.1) is 6.92 Å². The summed E-state index contributed by atoms with van der Waals surface area (Å²) in [5.74, 6) is 0.835. The second-order valence-corrected chi connectivity index (χ2v) is 7.13. The van der Waals surface area contributed by atoms with Gasteiger partial charge in [0.15, 0.2) is 0 Å². The Morgan fingerprint density at radius 1 is 1.22 bits per heavy atom. The highest BCUT2D eigenvalue weighted by Crippen LogP contribution is 2.23. The van der Waals surface area contributed by atoms with E-state index in [0.717, 1.165) is 49.5 Å². The summed E-state index contributed by atoms with van der Waals surface area (Å²) < 4.78 is 4.06. The van der Waals surface area contributed by atoms with Gasteiger partial charge in [-0.1, -0.05) is 25.1 Å². The number of rotatable bonds is 4. The highest BCUT2D eigenvalue weighted by atomic mass is 16.1. The van der Waals surface area contributed by atoms with E-state index in [4.69, 9.17) is 0 Å². The smallest absolute Gasteiger partial charge is 0.280 e. The summed E-state index contributed by atoms with van der Waals surface area (Å²) in [4.78, 5) is 19.1. The lowest BCUT2D eigenvalue weighted by atomic mass is 10.1. The number of hydrogen-bond donors (Lipinski definition) is 0. The van der Waals surface area contributed by atoms with Crippen LogP contribution in [0.15, 0.2) is 41.3 Å². The fraction of sp³-hybridized carbons (Fsp3) is 0.381. The number of aromatic nitrogens is 4. The Morgan fingerprint density at radius 2 is 2.04 bits per heavy atom. The van der Waals surface area contributed by atoms with Crippen LogP contribution in [0.4, 0.5) is 0 Å². The summed E-state index contributed by atoms with van der Waals surface area (Å²) in [6, 6.07) is 7.76. The van der Waals surface area contributed by atoms with Crippen molar-refractivity contribution in [3.63, 3.8) is 0 Å². The molecule has 0 saturated heterocycles. The zero-order valence-electron chi connectivity index (χ0n) is 16.1. The van der Waals surface area contributed by atoms with E-state index >= 15 is 0 Å². The van der Waals surface area contributed by atoms with Gasteiger partial charge >= 0.3 is 0 Å². The zero-order valence-corrected chi connectivity index (χ0v) is 16.1. The minimum absolute atomic E-state index is 0.135. The number of aryl methyl sites for hydroxylation is 3. The Labute approximate surface area is 158 Å². The standard InChI is InChI=1S/C21H25N5O/c1-4-20-22-21(27)18-7-5-6-8-19(18)26(20)17-9-11-25(12-10-17)14-16-13-24(3)23-15(16)2/h5-9,13H,4,10-12,14H2,1-3H3. The third-order valence-electron chi connectivity index (χ3n) is 5.25. The van der Waals surface area contributed by atoms with E-state index in [9.17, 15) is 4.79 Å². The molecule has 1 aliphatic rings. The number of fused-ring (bicyclic) bond motifs is 1. The highest BCUT2D eigenvalue weighted by Gasteiger charge is 2.18. The molecule has 27 heavy (non-hydrogen) atoms. The minimum Gasteiger partial charge on any atom is -0.302 e. The van der Waals surface area contributed by atoms with Gasteiger partial charge in [-0.25, -0.2) is 0 Å². The van der Waals surface area contributed by atoms with Crippen LogP contribution < -0.4 is 5.56 Å². The number of hydrogen-bond acceptors (Lipinski definition) is 4. The minimum atomic E-state index is -0.135. The third kappa shape index (κ3) is 3.32. The van der Waals surface area contributed by atoms with E-state index in [1.165, 1.54) is 11.3 Å². The maximum Gasteiger partial charge on any atom is 0.280 e. The van der Waals surface area contributed by atoms with Crippen LogP contribution >= 0.6 is 0 Å². The molecule has 0 N–H and O–H groups in total. The van der Waals surface area contributed by atoms with Gasteiger partial charge in [0, 0.05) is 57.0 Å². The van der Waals surface area contributed by atoms with Gasteiger partial charge in [0.1, 0.15) is 5.82 Å². The lowest BCUT2D eigenvalue weighted by Crippen LogP contribution is -2.30. The van der Waals surface area contributed by atoms with Gasteiger partial charge in [-0.15, -0.1) is 0 Å². The van der Waals surface area contributed by atoms with Crippen molar-refractivity contribution in [2.24, 2.45) is 7.05 Å². The first-order valence-electron chi connectivity index (χ1n) is 9.48. The summed E-state index contributed by atoms with van der Waals surface area (Å²) in [5, 5.41) is 5.12. The molecule has 0 amide bonds. The molecule has 0 unspecified atom stereocenters. The number of benzene rings is 1. The summed E-state index contributed by atoms with van der Waals surface area (Å²) in [5.41, 5.74) is 4.42. The van der Waals surface area contributed by atoms with Crippen molar-refractivity contribution >= 4 is 16.6 Å². The summed E-state index contributed by atoms with van der Waals surface area (Å²) in [6.45, 7) is 6.88. The summed E-state index contributed by atoms with van der Waals surface area (Å²) >= 11 is 0. The molecule has 0 saturated carbocycles. The molecule has 140 valence electrons. The molecule has 6 heteroatoms. The van der Waals surface area contributed by atoms with Crippen molar-refractivity contribution in [2.45, 2.75) is 33.2 Å². The Morgan fingerprint density at radius 3 is 2.70 bits per heavy atom. The van der Waals surface area contributed by atoms with Crippen LogP contribution in [0.1, 0.15) is 30.4 Å². The molecule has 0 fully saturated rings. The Hall–Kier alpha value is -2.73. The topological polar surface area (TPSA) is 56.0 Å². The molecule has 3 aromatic rings. The van der Waals surface area contributed by atoms with Crippen molar-refractivity contribution in [1.29, 1.82) is 0 Å². The van der Waals surface area contributed by atoms with Crippen molar-refractivity contribution in [3.05, 3.63) is 64.0 Å². The first-order chi connectivity index (χ1) is 13.1. The monoisotopic (exact) mass is 363 g/mol. The van der Waals surface area contributed by atoms with Gasteiger partial charge in [0.05, 0.1) is 16.6 Å². The van der Waals surface area contributed by atoms with Gasteiger partial charge in [-0.2, -0.15) is 10.1 Å². The molecule has 6 nitrogen and oxygen atoms in total. The van der Waals surface area contributed by atoms with E-state index in [-0.39, 0.29) is 5.56 Å². The molecular formula is C21H25N5O. The van der Waals surface area contributed by atoms with Crippen molar-refractivity contribution < 1.29 is 0 Å². The predicted molar refractivity (Wildman–Crippen MR) is 107 cm³/mol. The fourth-order valence-electron chi connectivity index (χ4n) is 3.87. The fourth-order valence-corrected chi connectivity index (χ4v) is 3.87. The average molecular weight is 363 g/mol. The van der Waals surface area contributed by atoms with E-state index in [1.54, 1.807) is 0 Å². The molecule has 1 aromatic carbocycles. The molecule has 1 aliphatic heterocycles. The molecule has 4 rings (SSSR count). The molecule has 0 spiro atoms. The molecule has 3 heterocycles. The van der Waals surface area contributed by atoms with Crippen molar-refractivity contribution in [1.82, 2.24) is 24.2 Å². The van der Waals surface area contributed by atoms with E-state index < -0.39 is 0 Å². The molecule has 0 atom stereocenters. The van der Waals surface area contributed by atoms with Gasteiger partial charge in [0.2, 0.25) is 0 Å². The SMILES string of the molecule is CCc1nc(=O)c2ccccc2n1C1=CCN(Cc2cn(C)nc2C)CC1. The van der Waals surface area contributed by atoms with E-state index in [2.05, 4.69) is 38.7 Å². The Bertz CT molecular complexity index is 1080. The maximum absolute atomic E-state index is 12.3. The van der Waals surface area contributed by atoms with Crippen LogP contribution in [0.25, 0.3) is 16.6 Å². The highest BCUT2D eigenvalue weighted by molar-refractivity contribution is 5.81. The molecule has 0 aliphatic carbocycles. The van der Waals surface area contributed by atoms with E-state index in [0.29, 0.717) is 5.39 Å². The quantitative estimate of drug-likeness (QED) is 0.715. The largest absolute Gasteiger partial charge is 0.302 e. The first-order valence-corrected chi connectivity index (χ1v) is 9.48. The lowest BCUT2D eigenvalue weighted by molar-refractivity contribution is 0.291. The van der Waals surface area contributed by atoms with Gasteiger partial charge < -0.3 is 4.57 Å². The zero-order chi connectivity index (χ0) is 19.0. The van der Waals surface area contributed by atoms with Gasteiger partial charge in [-0.05, 0) is 19.1 Å². The normalized spacial score (nSPS) is 15.3. The average Bonchev–Trinajstić information content (AvgIpc) is 2.99. The second kappa shape index (κ2) is 7.12. The number of para-hydroxylation sites is 1. The molecule has 2 aromatic heterocycles. The van der Waals surface area contributed by atoms with E-state index in [1.807, 2.05) is 42.9 Å². The molecule has 0 bridgehead atoms. The Kier molecular flexibility index (Phi) is 4.66. The second-order valence-electron chi connectivity index (χ2n) is 7.13. The first kappa shape index (κ1) is 17.7. The lowest BCUT2D eigenvalue weighted by Gasteiger charge is -2.28. The maximum atomic E-state index is 12.3. The van der Waals surface area contributed by atoms with Crippen LogP contribution in [0.3, 0.4) is 0 Å². The van der Waals surface area contributed by atoms with Crippen LogP contribution in [-0.4, -0.2) is 37.3 Å². The van der Waals surface area contributed by atoms with Crippen LogP contribution in [-0.2, 0) is 20.0 Å². The van der Waals surface area contributed by atoms with Crippen LogP contribution in [0.2, 0.25) is 0 Å². The van der Waals surface area contributed by atoms with Gasteiger partial charge in [0.25, 0.3) is 5.56 Å². The van der Waals surface area contributed by atoms with Gasteiger partial charge in [-0.3, -0.25) is 14.4 Å². The predicted octanol–water partition coefficient (Wildman–Crippen LogP) is 2.75. The Balaban J connectivity index is 1.65. The molecule has 0 radical (unpaired) electrons. The summed E-state index contributed by atoms with van der Waals surface area (Å²) in [7, 11) is 1.96. The van der Waals surface area contributed by atoms with Crippen molar-refractivity contribution in [3.8, 4) is 0 Å².